The first kappa shape index (κ1) is 12.2. The molecule has 2 aromatic heterocycles. The molecule has 3 aromatic rings. The molecule has 0 saturated heterocycles. The van der Waals surface area contributed by atoms with Crippen LogP contribution in [0.2, 0.25) is 0 Å². The Morgan fingerprint density at radius 1 is 1.55 bits per heavy atom. The van der Waals surface area contributed by atoms with Gasteiger partial charge in [-0.05, 0) is 19.1 Å². The van der Waals surface area contributed by atoms with Crippen molar-refractivity contribution >= 4 is 17.1 Å². The van der Waals surface area contributed by atoms with Crippen molar-refractivity contribution in [2.24, 2.45) is 5.73 Å². The highest BCUT2D eigenvalue weighted by atomic mass is 16.5. The Kier molecular flexibility index (Phi) is 2.86. The van der Waals surface area contributed by atoms with Gasteiger partial charge in [-0.15, -0.1) is 0 Å². The van der Waals surface area contributed by atoms with E-state index in [4.69, 9.17) is 10.5 Å². The van der Waals surface area contributed by atoms with E-state index in [1.54, 1.807) is 0 Å². The second-order valence-corrected chi connectivity index (χ2v) is 4.10. The standard InChI is InChI=1S/C13H12N5O2/c1-2-20-8-3-4-9-11(7-8)16-12(15-9)10-5-6-18(17-10)13(14)19/h3-4,6-7H,2H2,1H3,(H2,14,19)(H,15,16). The van der Waals surface area contributed by atoms with Crippen LogP contribution in [0.15, 0.2) is 24.4 Å². The summed E-state index contributed by atoms with van der Waals surface area (Å²) in [5.74, 6) is 1.28. The lowest BCUT2D eigenvalue weighted by Gasteiger charge is -2.00. The number of carbonyl (C=O) groups excluding carboxylic acids is 1. The van der Waals surface area contributed by atoms with Crippen LogP contribution < -0.4 is 10.5 Å². The third-order valence-corrected chi connectivity index (χ3v) is 2.75. The molecule has 0 atom stereocenters. The van der Waals surface area contributed by atoms with Gasteiger partial charge in [0, 0.05) is 18.3 Å². The van der Waals surface area contributed by atoms with Crippen molar-refractivity contribution in [1.82, 2.24) is 19.7 Å². The number of nitrogens with two attached hydrogens (primary N) is 1. The lowest BCUT2D eigenvalue weighted by molar-refractivity contribution is 0.248. The van der Waals surface area contributed by atoms with Gasteiger partial charge in [-0.2, -0.15) is 9.78 Å². The van der Waals surface area contributed by atoms with Crippen molar-refractivity contribution < 1.29 is 9.53 Å². The first-order chi connectivity index (χ1) is 9.67. The van der Waals surface area contributed by atoms with E-state index in [1.807, 2.05) is 25.1 Å². The fraction of sp³-hybridized carbons (Fsp3) is 0.154. The van der Waals surface area contributed by atoms with Crippen molar-refractivity contribution in [2.75, 3.05) is 6.61 Å². The number of imidazole rings is 1. The number of fused-ring (bicyclic) bond motifs is 1. The van der Waals surface area contributed by atoms with Crippen molar-refractivity contribution in [3.8, 4) is 17.3 Å². The van der Waals surface area contributed by atoms with Gasteiger partial charge >= 0.3 is 6.03 Å². The minimum atomic E-state index is -0.665. The number of carbonyl (C=O) groups is 1. The third-order valence-electron chi connectivity index (χ3n) is 2.75. The summed E-state index contributed by atoms with van der Waals surface area (Å²) in [5, 5.41) is 4.00. The Hall–Kier alpha value is -2.83. The number of rotatable bonds is 3. The lowest BCUT2D eigenvalue weighted by atomic mass is 10.3. The summed E-state index contributed by atoms with van der Waals surface area (Å²) in [6, 6.07) is 7.74. The zero-order chi connectivity index (χ0) is 14.1. The molecule has 1 amide bonds. The normalized spacial score (nSPS) is 10.8. The molecule has 0 saturated carbocycles. The van der Waals surface area contributed by atoms with Gasteiger partial charge in [-0.25, -0.2) is 9.78 Å². The molecule has 0 aliphatic rings. The number of aromatic amines is 1. The smallest absolute Gasteiger partial charge is 0.339 e. The molecule has 0 aliphatic carbocycles. The molecule has 7 nitrogen and oxygen atoms in total. The number of ether oxygens (including phenoxy) is 1. The minimum Gasteiger partial charge on any atom is -0.494 e. The van der Waals surface area contributed by atoms with Crippen molar-refractivity contribution in [1.29, 1.82) is 0 Å². The Bertz CT molecular complexity index is 774. The summed E-state index contributed by atoms with van der Waals surface area (Å²) in [6.45, 7) is 2.52. The van der Waals surface area contributed by atoms with Crippen LogP contribution in [0.3, 0.4) is 0 Å². The zero-order valence-corrected chi connectivity index (χ0v) is 10.8. The predicted octanol–water partition coefficient (Wildman–Crippen LogP) is 1.55. The first-order valence-electron chi connectivity index (χ1n) is 6.07. The lowest BCUT2D eigenvalue weighted by Crippen LogP contribution is -2.19. The molecular formula is C13H12N5O2. The van der Waals surface area contributed by atoms with Gasteiger partial charge in [-0.1, -0.05) is 0 Å². The van der Waals surface area contributed by atoms with E-state index in [9.17, 15) is 4.79 Å². The van der Waals surface area contributed by atoms with Crippen LogP contribution in [0, 0.1) is 6.07 Å². The molecule has 0 fully saturated rings. The largest absolute Gasteiger partial charge is 0.494 e. The summed E-state index contributed by atoms with van der Waals surface area (Å²) in [5.41, 5.74) is 7.17. The monoisotopic (exact) mass is 270 g/mol. The second kappa shape index (κ2) is 4.69. The summed E-state index contributed by atoms with van der Waals surface area (Å²) in [7, 11) is 0. The minimum absolute atomic E-state index is 0.429. The first-order valence-corrected chi connectivity index (χ1v) is 6.07. The fourth-order valence-corrected chi connectivity index (χ4v) is 1.87. The Morgan fingerprint density at radius 3 is 3.10 bits per heavy atom. The van der Waals surface area contributed by atoms with Gasteiger partial charge in [0.2, 0.25) is 0 Å². The molecule has 3 N–H and O–H groups in total. The van der Waals surface area contributed by atoms with Crippen LogP contribution in [0.25, 0.3) is 22.6 Å². The van der Waals surface area contributed by atoms with Crippen LogP contribution in [0.4, 0.5) is 4.79 Å². The Morgan fingerprint density at radius 2 is 2.40 bits per heavy atom. The number of nitrogens with one attached hydrogen (secondary N) is 1. The number of hydrogen-bond acceptors (Lipinski definition) is 4. The highest BCUT2D eigenvalue weighted by Crippen LogP contribution is 2.22. The molecule has 3 rings (SSSR count). The van der Waals surface area contributed by atoms with E-state index in [2.05, 4.69) is 21.1 Å². The van der Waals surface area contributed by atoms with Gasteiger partial charge in [0.1, 0.15) is 11.4 Å². The highest BCUT2D eigenvalue weighted by molar-refractivity contribution is 5.80. The van der Waals surface area contributed by atoms with Crippen LogP contribution in [-0.2, 0) is 0 Å². The van der Waals surface area contributed by atoms with Gasteiger partial charge in [0.05, 0.1) is 17.6 Å². The van der Waals surface area contributed by atoms with Gasteiger partial charge in [0.25, 0.3) is 0 Å². The van der Waals surface area contributed by atoms with E-state index in [0.717, 1.165) is 21.5 Å². The Balaban J connectivity index is 2.01. The molecular weight excluding hydrogens is 258 g/mol. The maximum absolute atomic E-state index is 11.0. The summed E-state index contributed by atoms with van der Waals surface area (Å²) >= 11 is 0. The molecule has 1 radical (unpaired) electrons. The van der Waals surface area contributed by atoms with Crippen molar-refractivity contribution in [3.63, 3.8) is 0 Å². The molecule has 0 spiro atoms. The SMILES string of the molecule is CCOc1ccc2[nH]c(-c3[c]cn(C(N)=O)n3)nc2c1. The zero-order valence-electron chi connectivity index (χ0n) is 10.8. The third kappa shape index (κ3) is 2.09. The average molecular weight is 270 g/mol. The molecule has 1 aromatic carbocycles. The van der Waals surface area contributed by atoms with Crippen LogP contribution >= 0.6 is 0 Å². The topological polar surface area (TPSA) is 98.8 Å². The second-order valence-electron chi connectivity index (χ2n) is 4.10. The van der Waals surface area contributed by atoms with Crippen LogP contribution in [-0.4, -0.2) is 32.4 Å². The van der Waals surface area contributed by atoms with Gasteiger partial charge in [-0.3, -0.25) is 0 Å². The van der Waals surface area contributed by atoms with E-state index in [0.29, 0.717) is 18.1 Å². The number of hydrogen-bond donors (Lipinski definition) is 2. The van der Waals surface area contributed by atoms with Crippen molar-refractivity contribution in [3.05, 3.63) is 30.5 Å². The number of H-pyrrole nitrogens is 1. The number of nitrogens with zero attached hydrogens (tertiary/aromatic N) is 3. The molecule has 7 heteroatoms. The van der Waals surface area contributed by atoms with Gasteiger partial charge < -0.3 is 15.5 Å². The number of aromatic nitrogens is 4. The number of benzene rings is 1. The van der Waals surface area contributed by atoms with E-state index >= 15 is 0 Å². The van der Waals surface area contributed by atoms with E-state index in [1.165, 1.54) is 6.20 Å². The Labute approximate surface area is 114 Å². The molecule has 0 unspecified atom stereocenters. The molecule has 0 aliphatic heterocycles. The van der Waals surface area contributed by atoms with Crippen molar-refractivity contribution in [2.45, 2.75) is 6.92 Å². The number of amides is 1. The van der Waals surface area contributed by atoms with E-state index < -0.39 is 6.03 Å². The van der Waals surface area contributed by atoms with Crippen LogP contribution in [0.1, 0.15) is 6.92 Å². The quantitative estimate of drug-likeness (QED) is 0.754. The highest BCUT2D eigenvalue weighted by Gasteiger charge is 2.11. The summed E-state index contributed by atoms with van der Waals surface area (Å²) in [4.78, 5) is 18.5. The molecule has 20 heavy (non-hydrogen) atoms. The molecule has 2 heterocycles. The molecule has 101 valence electrons. The fourth-order valence-electron chi connectivity index (χ4n) is 1.87. The van der Waals surface area contributed by atoms with Gasteiger partial charge in [0.15, 0.2) is 5.82 Å². The molecule has 0 bridgehead atoms. The summed E-state index contributed by atoms with van der Waals surface area (Å²) in [6.07, 6.45) is 1.37. The maximum Gasteiger partial charge on any atom is 0.339 e. The average Bonchev–Trinajstić information content (AvgIpc) is 3.05. The van der Waals surface area contributed by atoms with Crippen LogP contribution in [0.5, 0.6) is 5.75 Å². The number of primary amides is 1. The summed E-state index contributed by atoms with van der Waals surface area (Å²) < 4.78 is 6.43. The predicted molar refractivity (Wildman–Crippen MR) is 72.3 cm³/mol. The maximum atomic E-state index is 11.0. The van der Waals surface area contributed by atoms with E-state index in [-0.39, 0.29) is 0 Å².